The number of hydrogen-bond acceptors (Lipinski definition) is 6. The fourth-order valence-electron chi connectivity index (χ4n) is 4.40. The number of halogens is 2. The van der Waals surface area contributed by atoms with Gasteiger partial charge < -0.3 is 19.7 Å². The van der Waals surface area contributed by atoms with E-state index in [0.717, 1.165) is 4.31 Å². The topological polar surface area (TPSA) is 105 Å². The van der Waals surface area contributed by atoms with Crippen molar-refractivity contribution >= 4 is 50.7 Å². The Morgan fingerprint density at radius 1 is 0.907 bits per heavy atom. The average molecular weight is 651 g/mol. The van der Waals surface area contributed by atoms with Gasteiger partial charge in [0.05, 0.1) is 34.8 Å². The lowest BCUT2D eigenvalue weighted by atomic mass is 10.1. The van der Waals surface area contributed by atoms with Crippen LogP contribution in [0.5, 0.6) is 11.5 Å². The van der Waals surface area contributed by atoms with Gasteiger partial charge in [0, 0.05) is 19.2 Å². The van der Waals surface area contributed by atoms with Crippen molar-refractivity contribution in [2.24, 2.45) is 5.92 Å². The molecule has 0 aromatic heterocycles. The molecule has 3 aromatic rings. The van der Waals surface area contributed by atoms with Crippen molar-refractivity contribution < 1.29 is 27.5 Å². The minimum atomic E-state index is -4.29. The molecule has 0 bridgehead atoms. The van der Waals surface area contributed by atoms with Crippen molar-refractivity contribution in [3.05, 3.63) is 82.3 Å². The first-order chi connectivity index (χ1) is 20.4. The maximum Gasteiger partial charge on any atom is 0.264 e. The van der Waals surface area contributed by atoms with E-state index in [0.29, 0.717) is 34.3 Å². The van der Waals surface area contributed by atoms with Crippen molar-refractivity contribution in [3.63, 3.8) is 0 Å². The maximum atomic E-state index is 14.2. The second-order valence-electron chi connectivity index (χ2n) is 10.2. The monoisotopic (exact) mass is 649 g/mol. The second kappa shape index (κ2) is 15.3. The Morgan fingerprint density at radius 2 is 1.58 bits per heavy atom. The molecule has 232 valence electrons. The van der Waals surface area contributed by atoms with E-state index in [1.807, 2.05) is 13.8 Å². The van der Waals surface area contributed by atoms with Gasteiger partial charge in [-0.3, -0.25) is 13.9 Å². The van der Waals surface area contributed by atoms with E-state index < -0.39 is 28.5 Å². The van der Waals surface area contributed by atoms with Crippen LogP contribution in [0.2, 0.25) is 10.0 Å². The number of para-hydroxylation sites is 1. The highest BCUT2D eigenvalue weighted by Crippen LogP contribution is 2.32. The largest absolute Gasteiger partial charge is 0.493 e. The lowest BCUT2D eigenvalue weighted by molar-refractivity contribution is -0.140. The van der Waals surface area contributed by atoms with E-state index in [4.69, 9.17) is 32.7 Å². The number of methoxy groups -OCH3 is 2. The SMILES string of the molecule is CC[C@@H](C(=O)NCC(C)C)N(Cc1ccc(Cl)c(Cl)c1)C(=O)CN(c1ccccc1)S(=O)(=O)c1ccc(OC)c(OC)c1. The van der Waals surface area contributed by atoms with Crippen LogP contribution < -0.4 is 19.1 Å². The third-order valence-corrected chi connectivity index (χ3v) is 9.18. The van der Waals surface area contributed by atoms with Crippen molar-refractivity contribution in [2.75, 3.05) is 31.6 Å². The highest BCUT2D eigenvalue weighted by atomic mass is 35.5. The van der Waals surface area contributed by atoms with Crippen LogP contribution in [0.15, 0.2) is 71.6 Å². The number of carbonyl (C=O) groups is 2. The number of nitrogens with zero attached hydrogens (tertiary/aromatic N) is 2. The molecule has 12 heteroatoms. The first-order valence-corrected chi connectivity index (χ1v) is 15.9. The fourth-order valence-corrected chi connectivity index (χ4v) is 6.15. The zero-order valence-electron chi connectivity index (χ0n) is 24.8. The van der Waals surface area contributed by atoms with E-state index in [2.05, 4.69) is 5.32 Å². The number of benzene rings is 3. The number of sulfonamides is 1. The lowest BCUT2D eigenvalue weighted by Gasteiger charge is -2.33. The zero-order valence-corrected chi connectivity index (χ0v) is 27.2. The van der Waals surface area contributed by atoms with Crippen molar-refractivity contribution in [3.8, 4) is 11.5 Å². The molecular weight excluding hydrogens is 613 g/mol. The van der Waals surface area contributed by atoms with Crippen LogP contribution >= 0.6 is 23.2 Å². The minimum absolute atomic E-state index is 0.00234. The highest BCUT2D eigenvalue weighted by Gasteiger charge is 2.34. The van der Waals surface area contributed by atoms with Crippen LogP contribution in [0.3, 0.4) is 0 Å². The molecule has 0 spiro atoms. The van der Waals surface area contributed by atoms with Crippen LogP contribution in [0, 0.1) is 5.92 Å². The number of nitrogens with one attached hydrogen (secondary N) is 1. The smallest absolute Gasteiger partial charge is 0.264 e. The van der Waals surface area contributed by atoms with Gasteiger partial charge in [-0.05, 0) is 54.3 Å². The Bertz CT molecular complexity index is 1520. The minimum Gasteiger partial charge on any atom is -0.493 e. The summed E-state index contributed by atoms with van der Waals surface area (Å²) in [5, 5.41) is 3.55. The first-order valence-electron chi connectivity index (χ1n) is 13.7. The maximum absolute atomic E-state index is 14.2. The van der Waals surface area contributed by atoms with Crippen LogP contribution in [0.4, 0.5) is 5.69 Å². The summed E-state index contributed by atoms with van der Waals surface area (Å²) < 4.78 is 39.8. The van der Waals surface area contributed by atoms with Gasteiger partial charge in [-0.15, -0.1) is 0 Å². The van der Waals surface area contributed by atoms with Crippen LogP contribution in [0.25, 0.3) is 0 Å². The van der Waals surface area contributed by atoms with Gasteiger partial charge in [-0.2, -0.15) is 0 Å². The van der Waals surface area contributed by atoms with Gasteiger partial charge in [0.25, 0.3) is 10.0 Å². The molecule has 0 radical (unpaired) electrons. The van der Waals surface area contributed by atoms with Gasteiger partial charge in [0.15, 0.2) is 11.5 Å². The summed E-state index contributed by atoms with van der Waals surface area (Å²) in [4.78, 5) is 28.8. The number of carbonyl (C=O) groups excluding carboxylic acids is 2. The van der Waals surface area contributed by atoms with E-state index in [-0.39, 0.29) is 34.7 Å². The molecule has 2 amide bonds. The number of ether oxygens (including phenoxy) is 2. The number of amides is 2. The normalized spacial score (nSPS) is 12.0. The molecule has 0 saturated heterocycles. The molecule has 0 aliphatic carbocycles. The van der Waals surface area contributed by atoms with Crippen LogP contribution in [-0.2, 0) is 26.2 Å². The predicted octanol–water partition coefficient (Wildman–Crippen LogP) is 5.79. The third kappa shape index (κ3) is 8.55. The Balaban J connectivity index is 2.07. The van der Waals surface area contributed by atoms with Gasteiger partial charge in [0.1, 0.15) is 12.6 Å². The van der Waals surface area contributed by atoms with Crippen LogP contribution in [0.1, 0.15) is 32.8 Å². The van der Waals surface area contributed by atoms with Crippen LogP contribution in [-0.4, -0.2) is 58.5 Å². The zero-order chi connectivity index (χ0) is 31.7. The van der Waals surface area contributed by atoms with Gasteiger partial charge in [-0.1, -0.05) is 68.2 Å². The summed E-state index contributed by atoms with van der Waals surface area (Å²) in [6.07, 6.45) is 0.296. The van der Waals surface area contributed by atoms with Gasteiger partial charge in [-0.25, -0.2) is 8.42 Å². The predicted molar refractivity (Wildman–Crippen MR) is 169 cm³/mol. The molecular formula is C31H37Cl2N3O6S. The molecule has 0 aliphatic heterocycles. The van der Waals surface area contributed by atoms with E-state index in [1.54, 1.807) is 55.5 Å². The van der Waals surface area contributed by atoms with Crippen molar-refractivity contribution in [1.82, 2.24) is 10.2 Å². The quantitative estimate of drug-likeness (QED) is 0.237. The molecule has 0 unspecified atom stereocenters. The lowest BCUT2D eigenvalue weighted by Crippen LogP contribution is -2.52. The number of rotatable bonds is 14. The van der Waals surface area contributed by atoms with Crippen molar-refractivity contribution in [2.45, 2.75) is 44.7 Å². The summed E-state index contributed by atoms with van der Waals surface area (Å²) >= 11 is 12.4. The van der Waals surface area contributed by atoms with Gasteiger partial charge in [0.2, 0.25) is 11.8 Å². The average Bonchev–Trinajstić information content (AvgIpc) is 3.00. The Morgan fingerprint density at radius 3 is 2.16 bits per heavy atom. The standard InChI is InChI=1S/C31H37Cl2N3O6S/c1-6-27(31(38)34-18-21(2)3)35(19-22-12-14-25(32)26(33)16-22)30(37)20-36(23-10-8-7-9-11-23)43(39,40)24-13-15-28(41-4)29(17-24)42-5/h7-17,21,27H,6,18-20H2,1-5H3,(H,34,38)/t27-/m0/s1. The third-order valence-electron chi connectivity index (χ3n) is 6.67. The summed E-state index contributed by atoms with van der Waals surface area (Å²) in [6, 6.07) is 16.6. The molecule has 1 N–H and O–H groups in total. The Labute approximate surface area is 263 Å². The van der Waals surface area contributed by atoms with E-state index in [1.165, 1.54) is 37.3 Å². The summed E-state index contributed by atoms with van der Waals surface area (Å²) in [7, 11) is -1.43. The molecule has 3 aromatic carbocycles. The Hall–Kier alpha value is -3.47. The molecule has 1 atom stereocenters. The molecule has 0 heterocycles. The molecule has 43 heavy (non-hydrogen) atoms. The molecule has 0 aliphatic rings. The molecule has 0 saturated carbocycles. The molecule has 9 nitrogen and oxygen atoms in total. The van der Waals surface area contributed by atoms with Crippen molar-refractivity contribution in [1.29, 1.82) is 0 Å². The Kier molecular flexibility index (Phi) is 12.1. The first kappa shape index (κ1) is 34.0. The van der Waals surface area contributed by atoms with Gasteiger partial charge >= 0.3 is 0 Å². The van der Waals surface area contributed by atoms with E-state index >= 15 is 0 Å². The molecule has 3 rings (SSSR count). The summed E-state index contributed by atoms with van der Waals surface area (Å²) in [5.74, 6) is -0.142. The summed E-state index contributed by atoms with van der Waals surface area (Å²) in [6.45, 7) is 5.59. The fraction of sp³-hybridized carbons (Fsp3) is 0.355. The number of anilines is 1. The molecule has 0 fully saturated rings. The second-order valence-corrected chi connectivity index (χ2v) is 12.9. The summed E-state index contributed by atoms with van der Waals surface area (Å²) in [5.41, 5.74) is 0.907. The number of hydrogen-bond donors (Lipinski definition) is 1. The van der Waals surface area contributed by atoms with E-state index in [9.17, 15) is 18.0 Å². The highest BCUT2D eigenvalue weighted by molar-refractivity contribution is 7.92.